The SMILES string of the molecule is CCOC(C)C(=O)N(CC(C)C(=O)O)C1CC1. The molecule has 0 aromatic heterocycles. The number of hydrogen-bond acceptors (Lipinski definition) is 3. The van der Waals surface area contributed by atoms with Crippen molar-refractivity contribution in [1.29, 1.82) is 0 Å². The predicted octanol–water partition coefficient (Wildman–Crippen LogP) is 1.12. The van der Waals surface area contributed by atoms with Crippen molar-refractivity contribution in [1.82, 2.24) is 4.90 Å². The van der Waals surface area contributed by atoms with E-state index in [2.05, 4.69) is 0 Å². The van der Waals surface area contributed by atoms with Crippen molar-refractivity contribution in [3.8, 4) is 0 Å². The molecule has 0 heterocycles. The third-order valence-electron chi connectivity index (χ3n) is 2.93. The minimum absolute atomic E-state index is 0.0950. The third-order valence-corrected chi connectivity index (χ3v) is 2.93. The molecule has 0 radical (unpaired) electrons. The number of hydrogen-bond donors (Lipinski definition) is 1. The van der Waals surface area contributed by atoms with Gasteiger partial charge in [0, 0.05) is 19.2 Å². The molecule has 0 aromatic rings. The smallest absolute Gasteiger partial charge is 0.308 e. The van der Waals surface area contributed by atoms with Gasteiger partial charge in [-0.25, -0.2) is 0 Å². The minimum atomic E-state index is -0.868. The summed E-state index contributed by atoms with van der Waals surface area (Å²) in [5.41, 5.74) is 0. The highest BCUT2D eigenvalue weighted by atomic mass is 16.5. The maximum atomic E-state index is 12.1. The fraction of sp³-hybridized carbons (Fsp3) is 0.833. The van der Waals surface area contributed by atoms with Gasteiger partial charge >= 0.3 is 5.97 Å². The van der Waals surface area contributed by atoms with Gasteiger partial charge in [-0.2, -0.15) is 0 Å². The maximum absolute atomic E-state index is 12.1. The molecule has 0 spiro atoms. The first kappa shape index (κ1) is 14.0. The number of ether oxygens (including phenoxy) is 1. The van der Waals surface area contributed by atoms with Gasteiger partial charge in [0.1, 0.15) is 6.10 Å². The fourth-order valence-electron chi connectivity index (χ4n) is 1.73. The van der Waals surface area contributed by atoms with Crippen molar-refractivity contribution in [3.63, 3.8) is 0 Å². The van der Waals surface area contributed by atoms with E-state index >= 15 is 0 Å². The highest BCUT2D eigenvalue weighted by Crippen LogP contribution is 2.28. The summed E-state index contributed by atoms with van der Waals surface area (Å²) in [7, 11) is 0. The Morgan fingerprint density at radius 3 is 2.41 bits per heavy atom. The number of carbonyl (C=O) groups excluding carboxylic acids is 1. The molecule has 1 aliphatic carbocycles. The zero-order chi connectivity index (χ0) is 13.0. The average Bonchev–Trinajstić information content (AvgIpc) is 3.08. The third kappa shape index (κ3) is 4.00. The Morgan fingerprint density at radius 2 is 2.00 bits per heavy atom. The van der Waals surface area contributed by atoms with Gasteiger partial charge in [-0.1, -0.05) is 6.92 Å². The highest BCUT2D eigenvalue weighted by Gasteiger charge is 2.36. The Kier molecular flexibility index (Phi) is 4.93. The van der Waals surface area contributed by atoms with Crippen LogP contribution in [0.15, 0.2) is 0 Å². The van der Waals surface area contributed by atoms with E-state index in [1.807, 2.05) is 6.92 Å². The van der Waals surface area contributed by atoms with Crippen molar-refractivity contribution < 1.29 is 19.4 Å². The molecular weight excluding hydrogens is 222 g/mol. The normalized spacial score (nSPS) is 18.5. The summed E-state index contributed by atoms with van der Waals surface area (Å²) in [5.74, 6) is -1.50. The zero-order valence-corrected chi connectivity index (χ0v) is 10.7. The van der Waals surface area contributed by atoms with Crippen LogP contribution in [0.4, 0.5) is 0 Å². The van der Waals surface area contributed by atoms with Gasteiger partial charge in [0.05, 0.1) is 5.92 Å². The Balaban J connectivity index is 2.59. The van der Waals surface area contributed by atoms with E-state index in [1.165, 1.54) is 0 Å². The van der Waals surface area contributed by atoms with E-state index in [-0.39, 0.29) is 18.5 Å². The lowest BCUT2D eigenvalue weighted by Gasteiger charge is -2.27. The Morgan fingerprint density at radius 1 is 1.41 bits per heavy atom. The lowest BCUT2D eigenvalue weighted by molar-refractivity contribution is -0.147. The summed E-state index contributed by atoms with van der Waals surface area (Å²) in [5, 5.41) is 8.89. The van der Waals surface area contributed by atoms with Crippen LogP contribution in [0, 0.1) is 5.92 Å². The Bertz CT molecular complexity index is 288. The van der Waals surface area contributed by atoms with Crippen molar-refractivity contribution in [2.45, 2.75) is 45.8 Å². The van der Waals surface area contributed by atoms with Gasteiger partial charge in [-0.3, -0.25) is 9.59 Å². The van der Waals surface area contributed by atoms with Gasteiger partial charge in [0.25, 0.3) is 5.91 Å². The molecule has 0 aromatic carbocycles. The highest BCUT2D eigenvalue weighted by molar-refractivity contribution is 5.82. The molecular formula is C12H21NO4. The van der Waals surface area contributed by atoms with Crippen LogP contribution in [-0.4, -0.2) is 47.2 Å². The van der Waals surface area contributed by atoms with Crippen LogP contribution >= 0.6 is 0 Å². The first-order valence-electron chi connectivity index (χ1n) is 6.12. The summed E-state index contributed by atoms with van der Waals surface area (Å²) in [6.45, 7) is 5.93. The molecule has 17 heavy (non-hydrogen) atoms. The van der Waals surface area contributed by atoms with Gasteiger partial charge in [-0.05, 0) is 26.7 Å². The zero-order valence-electron chi connectivity index (χ0n) is 10.7. The predicted molar refractivity (Wildman–Crippen MR) is 62.6 cm³/mol. The Labute approximate surface area is 102 Å². The standard InChI is InChI=1S/C12H21NO4/c1-4-17-9(3)11(14)13(10-5-6-10)7-8(2)12(15)16/h8-10H,4-7H2,1-3H3,(H,15,16). The number of aliphatic carboxylic acids is 1. The lowest BCUT2D eigenvalue weighted by atomic mass is 10.1. The summed E-state index contributed by atoms with van der Waals surface area (Å²) in [4.78, 5) is 24.6. The molecule has 0 saturated heterocycles. The summed E-state index contributed by atoms with van der Waals surface area (Å²) in [6.07, 6.45) is 1.45. The van der Waals surface area contributed by atoms with Gasteiger partial charge < -0.3 is 14.7 Å². The van der Waals surface area contributed by atoms with Gasteiger partial charge in [0.2, 0.25) is 0 Å². The van der Waals surface area contributed by atoms with E-state index in [4.69, 9.17) is 9.84 Å². The molecule has 5 heteroatoms. The summed E-state index contributed by atoms with van der Waals surface area (Å²) < 4.78 is 5.27. The molecule has 1 saturated carbocycles. The van der Waals surface area contributed by atoms with E-state index in [1.54, 1.807) is 18.7 Å². The number of rotatable bonds is 7. The molecule has 1 N–H and O–H groups in total. The second-order valence-electron chi connectivity index (χ2n) is 4.56. The number of nitrogens with zero attached hydrogens (tertiary/aromatic N) is 1. The van der Waals surface area contributed by atoms with Crippen LogP contribution in [0.25, 0.3) is 0 Å². The molecule has 1 amide bonds. The number of carbonyl (C=O) groups is 2. The topological polar surface area (TPSA) is 66.8 Å². The second kappa shape index (κ2) is 6.00. The number of carboxylic acid groups (broad SMARTS) is 1. The molecule has 2 unspecified atom stereocenters. The molecule has 1 aliphatic rings. The van der Waals surface area contributed by atoms with Crippen LogP contribution in [0.3, 0.4) is 0 Å². The van der Waals surface area contributed by atoms with Crippen molar-refractivity contribution in [2.75, 3.05) is 13.2 Å². The first-order valence-corrected chi connectivity index (χ1v) is 6.12. The van der Waals surface area contributed by atoms with E-state index in [0.29, 0.717) is 6.61 Å². The molecule has 5 nitrogen and oxygen atoms in total. The molecule has 1 fully saturated rings. The number of carboxylic acids is 1. The van der Waals surface area contributed by atoms with Crippen molar-refractivity contribution in [2.24, 2.45) is 5.92 Å². The molecule has 98 valence electrons. The minimum Gasteiger partial charge on any atom is -0.481 e. The maximum Gasteiger partial charge on any atom is 0.308 e. The molecule has 2 atom stereocenters. The fourth-order valence-corrected chi connectivity index (χ4v) is 1.73. The van der Waals surface area contributed by atoms with Crippen LogP contribution in [0.2, 0.25) is 0 Å². The Hall–Kier alpha value is -1.10. The average molecular weight is 243 g/mol. The lowest BCUT2D eigenvalue weighted by Crippen LogP contribution is -2.44. The monoisotopic (exact) mass is 243 g/mol. The van der Waals surface area contributed by atoms with Gasteiger partial charge in [-0.15, -0.1) is 0 Å². The first-order chi connectivity index (χ1) is 7.97. The van der Waals surface area contributed by atoms with Crippen LogP contribution in [0.1, 0.15) is 33.6 Å². The van der Waals surface area contributed by atoms with Crippen LogP contribution in [0.5, 0.6) is 0 Å². The van der Waals surface area contributed by atoms with Crippen molar-refractivity contribution >= 4 is 11.9 Å². The second-order valence-corrected chi connectivity index (χ2v) is 4.56. The van der Waals surface area contributed by atoms with E-state index in [9.17, 15) is 9.59 Å². The van der Waals surface area contributed by atoms with Crippen LogP contribution < -0.4 is 0 Å². The molecule has 1 rings (SSSR count). The molecule has 0 aliphatic heterocycles. The number of amides is 1. The van der Waals surface area contributed by atoms with Gasteiger partial charge in [0.15, 0.2) is 0 Å². The van der Waals surface area contributed by atoms with Crippen LogP contribution in [-0.2, 0) is 14.3 Å². The summed E-state index contributed by atoms with van der Waals surface area (Å²) >= 11 is 0. The van der Waals surface area contributed by atoms with E-state index in [0.717, 1.165) is 12.8 Å². The van der Waals surface area contributed by atoms with Crippen molar-refractivity contribution in [3.05, 3.63) is 0 Å². The largest absolute Gasteiger partial charge is 0.481 e. The quantitative estimate of drug-likeness (QED) is 0.727. The molecule has 0 bridgehead atoms. The summed E-state index contributed by atoms with van der Waals surface area (Å²) in [6, 6.07) is 0.215. The van der Waals surface area contributed by atoms with E-state index < -0.39 is 18.0 Å².